The Labute approximate surface area is 131 Å². The standard InChI is InChI=1S/C17H24N2O3/c1-12-7-8-16(21-12)17-18-15(13(2)22-17)10-19-9-5-4-6-14(19)11-20-3/h7-8,14H,4-6,9-11H2,1-3H3. The molecule has 22 heavy (non-hydrogen) atoms. The van der Waals surface area contributed by atoms with Gasteiger partial charge < -0.3 is 13.6 Å². The van der Waals surface area contributed by atoms with Crippen molar-refractivity contribution in [1.29, 1.82) is 0 Å². The van der Waals surface area contributed by atoms with Crippen LogP contribution in [-0.4, -0.2) is 36.2 Å². The fourth-order valence-electron chi connectivity index (χ4n) is 3.07. The van der Waals surface area contributed by atoms with Gasteiger partial charge in [-0.1, -0.05) is 6.42 Å². The molecule has 0 radical (unpaired) electrons. The highest BCUT2D eigenvalue weighted by Gasteiger charge is 2.24. The van der Waals surface area contributed by atoms with Crippen molar-refractivity contribution in [3.05, 3.63) is 29.3 Å². The first-order chi connectivity index (χ1) is 10.7. The number of likely N-dealkylation sites (tertiary alicyclic amines) is 1. The Morgan fingerprint density at radius 2 is 2.14 bits per heavy atom. The van der Waals surface area contributed by atoms with Gasteiger partial charge in [0.2, 0.25) is 0 Å². The minimum absolute atomic E-state index is 0.476. The normalized spacial score (nSPS) is 19.7. The van der Waals surface area contributed by atoms with Crippen LogP contribution in [0.1, 0.15) is 36.5 Å². The van der Waals surface area contributed by atoms with Gasteiger partial charge in [0.1, 0.15) is 11.5 Å². The van der Waals surface area contributed by atoms with E-state index in [1.165, 1.54) is 19.3 Å². The van der Waals surface area contributed by atoms with E-state index in [1.54, 1.807) is 7.11 Å². The maximum atomic E-state index is 5.79. The summed E-state index contributed by atoms with van der Waals surface area (Å²) in [5.41, 5.74) is 0.993. The van der Waals surface area contributed by atoms with Crippen molar-refractivity contribution in [2.75, 3.05) is 20.3 Å². The summed E-state index contributed by atoms with van der Waals surface area (Å²) in [5, 5.41) is 0. The lowest BCUT2D eigenvalue weighted by Gasteiger charge is -2.34. The fraction of sp³-hybridized carbons (Fsp3) is 0.588. The second kappa shape index (κ2) is 6.67. The number of nitrogens with zero attached hydrogens (tertiary/aromatic N) is 2. The maximum Gasteiger partial charge on any atom is 0.263 e. The number of hydrogen-bond acceptors (Lipinski definition) is 5. The van der Waals surface area contributed by atoms with Crippen LogP contribution in [0.5, 0.6) is 0 Å². The molecule has 0 saturated carbocycles. The molecule has 5 nitrogen and oxygen atoms in total. The second-order valence-electron chi connectivity index (χ2n) is 6.01. The van der Waals surface area contributed by atoms with Crippen molar-refractivity contribution < 1.29 is 13.6 Å². The van der Waals surface area contributed by atoms with Gasteiger partial charge in [0.25, 0.3) is 5.89 Å². The molecule has 0 bridgehead atoms. The van der Waals surface area contributed by atoms with E-state index in [-0.39, 0.29) is 0 Å². The van der Waals surface area contributed by atoms with Gasteiger partial charge in [0, 0.05) is 19.7 Å². The van der Waals surface area contributed by atoms with Gasteiger partial charge in [-0.05, 0) is 45.4 Å². The number of ether oxygens (including phenoxy) is 1. The molecule has 1 saturated heterocycles. The predicted octanol–water partition coefficient (Wildman–Crippen LogP) is 3.55. The lowest BCUT2D eigenvalue weighted by atomic mass is 10.0. The molecule has 3 heterocycles. The molecule has 2 aromatic rings. The van der Waals surface area contributed by atoms with Gasteiger partial charge in [-0.3, -0.25) is 4.90 Å². The molecule has 2 aromatic heterocycles. The van der Waals surface area contributed by atoms with E-state index < -0.39 is 0 Å². The van der Waals surface area contributed by atoms with E-state index in [1.807, 2.05) is 26.0 Å². The molecule has 0 aliphatic carbocycles. The van der Waals surface area contributed by atoms with E-state index >= 15 is 0 Å². The zero-order valence-electron chi connectivity index (χ0n) is 13.6. The van der Waals surface area contributed by atoms with Crippen LogP contribution in [0.4, 0.5) is 0 Å². The molecule has 0 spiro atoms. The summed E-state index contributed by atoms with van der Waals surface area (Å²) in [4.78, 5) is 7.09. The van der Waals surface area contributed by atoms with Gasteiger partial charge in [0.05, 0.1) is 12.3 Å². The third-order valence-corrected chi connectivity index (χ3v) is 4.30. The molecule has 0 aromatic carbocycles. The van der Waals surface area contributed by atoms with Crippen LogP contribution >= 0.6 is 0 Å². The van der Waals surface area contributed by atoms with Gasteiger partial charge in [-0.25, -0.2) is 4.98 Å². The molecular formula is C17H24N2O3. The smallest absolute Gasteiger partial charge is 0.263 e. The summed E-state index contributed by atoms with van der Waals surface area (Å²) in [6, 6.07) is 4.30. The van der Waals surface area contributed by atoms with Gasteiger partial charge in [-0.15, -0.1) is 0 Å². The first-order valence-corrected chi connectivity index (χ1v) is 7.93. The van der Waals surface area contributed by atoms with E-state index in [9.17, 15) is 0 Å². The molecule has 5 heteroatoms. The van der Waals surface area contributed by atoms with Crippen molar-refractivity contribution in [2.24, 2.45) is 0 Å². The number of aryl methyl sites for hydroxylation is 2. The van der Waals surface area contributed by atoms with Gasteiger partial charge in [0.15, 0.2) is 5.76 Å². The monoisotopic (exact) mass is 304 g/mol. The lowest BCUT2D eigenvalue weighted by Crippen LogP contribution is -2.41. The van der Waals surface area contributed by atoms with Crippen molar-refractivity contribution in [2.45, 2.75) is 45.7 Å². The fourth-order valence-corrected chi connectivity index (χ4v) is 3.07. The number of methoxy groups -OCH3 is 1. The molecule has 0 N–H and O–H groups in total. The summed E-state index contributed by atoms with van der Waals surface area (Å²) < 4.78 is 16.7. The Morgan fingerprint density at radius 3 is 2.86 bits per heavy atom. The summed E-state index contributed by atoms with van der Waals surface area (Å²) >= 11 is 0. The molecule has 1 unspecified atom stereocenters. The molecule has 1 aliphatic rings. The van der Waals surface area contributed by atoms with Crippen LogP contribution in [0.15, 0.2) is 21.0 Å². The lowest BCUT2D eigenvalue weighted by molar-refractivity contribution is 0.0590. The summed E-state index contributed by atoms with van der Waals surface area (Å²) in [5.74, 6) is 2.99. The predicted molar refractivity (Wildman–Crippen MR) is 83.6 cm³/mol. The molecule has 120 valence electrons. The Hall–Kier alpha value is -1.59. The van der Waals surface area contributed by atoms with E-state index in [0.717, 1.165) is 36.9 Å². The van der Waals surface area contributed by atoms with E-state index in [0.29, 0.717) is 17.7 Å². The first-order valence-electron chi connectivity index (χ1n) is 7.93. The molecule has 1 fully saturated rings. The zero-order valence-corrected chi connectivity index (χ0v) is 13.6. The van der Waals surface area contributed by atoms with Gasteiger partial charge >= 0.3 is 0 Å². The first kappa shape index (κ1) is 15.3. The highest BCUT2D eigenvalue weighted by atomic mass is 16.5. The van der Waals surface area contributed by atoms with Crippen molar-refractivity contribution in [1.82, 2.24) is 9.88 Å². The number of rotatable bonds is 5. The number of oxazole rings is 1. The Kier molecular flexibility index (Phi) is 4.64. The number of piperidine rings is 1. The van der Waals surface area contributed by atoms with Gasteiger partial charge in [-0.2, -0.15) is 0 Å². The van der Waals surface area contributed by atoms with Crippen LogP contribution in [0.25, 0.3) is 11.7 Å². The van der Waals surface area contributed by atoms with Crippen LogP contribution in [-0.2, 0) is 11.3 Å². The highest BCUT2D eigenvalue weighted by Crippen LogP contribution is 2.26. The average Bonchev–Trinajstić information content (AvgIpc) is 3.08. The minimum Gasteiger partial charge on any atom is -0.456 e. The minimum atomic E-state index is 0.476. The molecule has 3 rings (SSSR count). The van der Waals surface area contributed by atoms with Crippen LogP contribution in [0.3, 0.4) is 0 Å². The quantitative estimate of drug-likeness (QED) is 0.845. The van der Waals surface area contributed by atoms with Crippen LogP contribution in [0.2, 0.25) is 0 Å². The zero-order chi connectivity index (χ0) is 15.5. The number of aromatic nitrogens is 1. The number of furan rings is 1. The Bertz CT molecular complexity index is 615. The summed E-state index contributed by atoms with van der Waals surface area (Å²) in [6.45, 7) is 6.57. The third-order valence-electron chi connectivity index (χ3n) is 4.30. The van der Waals surface area contributed by atoms with E-state index in [4.69, 9.17) is 13.6 Å². The molecule has 1 aliphatic heterocycles. The Morgan fingerprint density at radius 1 is 1.27 bits per heavy atom. The van der Waals surface area contributed by atoms with Crippen LogP contribution in [0, 0.1) is 13.8 Å². The second-order valence-corrected chi connectivity index (χ2v) is 6.01. The van der Waals surface area contributed by atoms with Crippen molar-refractivity contribution >= 4 is 0 Å². The highest BCUT2D eigenvalue weighted by molar-refractivity contribution is 5.45. The summed E-state index contributed by atoms with van der Waals surface area (Å²) in [7, 11) is 1.77. The average molecular weight is 304 g/mol. The van der Waals surface area contributed by atoms with E-state index in [2.05, 4.69) is 9.88 Å². The number of hydrogen-bond donors (Lipinski definition) is 0. The van der Waals surface area contributed by atoms with Crippen molar-refractivity contribution in [3.8, 4) is 11.7 Å². The van der Waals surface area contributed by atoms with Crippen LogP contribution < -0.4 is 0 Å². The molecule has 1 atom stereocenters. The molecular weight excluding hydrogens is 280 g/mol. The largest absolute Gasteiger partial charge is 0.456 e. The summed E-state index contributed by atoms with van der Waals surface area (Å²) in [6.07, 6.45) is 3.70. The molecule has 0 amide bonds. The third kappa shape index (κ3) is 3.25. The maximum absolute atomic E-state index is 5.79. The SMILES string of the molecule is COCC1CCCCN1Cc1nc(-c2ccc(C)o2)oc1C. The van der Waals surface area contributed by atoms with Crippen molar-refractivity contribution in [3.63, 3.8) is 0 Å². The topological polar surface area (TPSA) is 51.6 Å². The Balaban J connectivity index is 1.75.